The number of aromatic nitrogens is 1. The van der Waals surface area contributed by atoms with Crippen LogP contribution < -0.4 is 5.32 Å². The topological polar surface area (TPSA) is 62.3 Å². The lowest BCUT2D eigenvalue weighted by molar-refractivity contribution is 0.424. The molecule has 1 aromatic heterocycles. The molecular formula is C12H18ClN3O2S. The van der Waals surface area contributed by atoms with Gasteiger partial charge in [0.15, 0.2) is 0 Å². The van der Waals surface area contributed by atoms with Crippen LogP contribution >= 0.6 is 11.6 Å². The minimum atomic E-state index is -3.53. The summed E-state index contributed by atoms with van der Waals surface area (Å²) in [5.74, 6) is 0. The van der Waals surface area contributed by atoms with Crippen LogP contribution in [-0.4, -0.2) is 37.8 Å². The number of hydrogen-bond donors (Lipinski definition) is 1. The highest BCUT2D eigenvalue weighted by molar-refractivity contribution is 7.89. The van der Waals surface area contributed by atoms with Gasteiger partial charge in [-0.3, -0.25) is 4.98 Å². The quantitative estimate of drug-likeness (QED) is 0.931. The summed E-state index contributed by atoms with van der Waals surface area (Å²) in [6, 6.07) is 0. The van der Waals surface area contributed by atoms with Crippen molar-refractivity contribution in [2.24, 2.45) is 0 Å². The van der Waals surface area contributed by atoms with Gasteiger partial charge in [-0.25, -0.2) is 8.42 Å². The summed E-state index contributed by atoms with van der Waals surface area (Å²) in [6.07, 6.45) is 6.77. The Bertz CT molecular complexity index is 540. The molecule has 5 nitrogen and oxygen atoms in total. The van der Waals surface area contributed by atoms with Crippen LogP contribution in [0.2, 0.25) is 5.02 Å². The van der Waals surface area contributed by atoms with Crippen molar-refractivity contribution in [3.63, 3.8) is 0 Å². The lowest BCUT2D eigenvalue weighted by Gasteiger charge is -2.21. The number of sulfonamides is 1. The van der Waals surface area contributed by atoms with E-state index in [2.05, 4.69) is 10.3 Å². The Kier molecular flexibility index (Phi) is 4.65. The van der Waals surface area contributed by atoms with E-state index < -0.39 is 10.0 Å². The average molecular weight is 304 g/mol. The third kappa shape index (κ3) is 3.01. The summed E-state index contributed by atoms with van der Waals surface area (Å²) in [6.45, 7) is 1.13. The molecule has 0 bridgehead atoms. The second-order valence-electron chi connectivity index (χ2n) is 4.56. The number of halogens is 1. The molecule has 0 radical (unpaired) electrons. The largest absolute Gasteiger partial charge is 0.386 e. The molecule has 2 rings (SSSR count). The van der Waals surface area contributed by atoms with Crippen LogP contribution in [0.5, 0.6) is 0 Å². The summed E-state index contributed by atoms with van der Waals surface area (Å²) < 4.78 is 26.9. The summed E-state index contributed by atoms with van der Waals surface area (Å²) in [4.78, 5) is 4.06. The summed E-state index contributed by atoms with van der Waals surface area (Å²) in [7, 11) is -1.87. The molecule has 1 aliphatic heterocycles. The third-order valence-electron chi connectivity index (χ3n) is 3.30. The third-order valence-corrected chi connectivity index (χ3v) is 5.49. The summed E-state index contributed by atoms with van der Waals surface area (Å²) in [5.41, 5.74) is 0.418. The lowest BCUT2D eigenvalue weighted by atomic mass is 10.2. The average Bonchev–Trinajstić information content (AvgIpc) is 2.67. The van der Waals surface area contributed by atoms with Gasteiger partial charge in [-0.2, -0.15) is 4.31 Å². The fraction of sp³-hybridized carbons (Fsp3) is 0.583. The Morgan fingerprint density at radius 2 is 1.84 bits per heavy atom. The van der Waals surface area contributed by atoms with Crippen LogP contribution in [-0.2, 0) is 10.0 Å². The molecule has 0 spiro atoms. The van der Waals surface area contributed by atoms with Crippen molar-refractivity contribution < 1.29 is 8.42 Å². The molecule has 1 N–H and O–H groups in total. The molecule has 1 saturated heterocycles. The van der Waals surface area contributed by atoms with Crippen molar-refractivity contribution in [1.82, 2.24) is 9.29 Å². The van der Waals surface area contributed by atoms with E-state index in [0.29, 0.717) is 23.8 Å². The molecule has 1 aliphatic rings. The van der Waals surface area contributed by atoms with Crippen molar-refractivity contribution in [3.05, 3.63) is 17.4 Å². The van der Waals surface area contributed by atoms with Gasteiger partial charge in [-0.05, 0) is 12.8 Å². The monoisotopic (exact) mass is 303 g/mol. The fourth-order valence-corrected chi connectivity index (χ4v) is 4.27. The van der Waals surface area contributed by atoms with Crippen molar-refractivity contribution >= 4 is 27.3 Å². The zero-order chi connectivity index (χ0) is 13.9. The van der Waals surface area contributed by atoms with Crippen LogP contribution in [0.4, 0.5) is 5.69 Å². The van der Waals surface area contributed by atoms with Gasteiger partial charge in [0, 0.05) is 32.5 Å². The summed E-state index contributed by atoms with van der Waals surface area (Å²) in [5, 5.41) is 3.16. The van der Waals surface area contributed by atoms with E-state index in [4.69, 9.17) is 11.6 Å². The van der Waals surface area contributed by atoms with Crippen molar-refractivity contribution in [2.45, 2.75) is 30.6 Å². The zero-order valence-corrected chi connectivity index (χ0v) is 12.5. The number of anilines is 1. The second-order valence-corrected chi connectivity index (χ2v) is 6.88. The summed E-state index contributed by atoms with van der Waals surface area (Å²) >= 11 is 6.00. The minimum Gasteiger partial charge on any atom is -0.386 e. The van der Waals surface area contributed by atoms with Gasteiger partial charge >= 0.3 is 0 Å². The van der Waals surface area contributed by atoms with E-state index in [9.17, 15) is 8.42 Å². The molecular weight excluding hydrogens is 286 g/mol. The minimum absolute atomic E-state index is 0.157. The molecule has 0 aromatic carbocycles. The molecule has 0 saturated carbocycles. The van der Waals surface area contributed by atoms with Crippen molar-refractivity contribution in [3.8, 4) is 0 Å². The van der Waals surface area contributed by atoms with E-state index in [1.807, 2.05) is 0 Å². The zero-order valence-electron chi connectivity index (χ0n) is 10.9. The molecule has 0 amide bonds. The first-order valence-corrected chi connectivity index (χ1v) is 8.20. The van der Waals surface area contributed by atoms with Gasteiger partial charge in [0.25, 0.3) is 0 Å². The van der Waals surface area contributed by atoms with Crippen LogP contribution in [0, 0.1) is 0 Å². The van der Waals surface area contributed by atoms with Crippen LogP contribution in [0.25, 0.3) is 0 Å². The van der Waals surface area contributed by atoms with Gasteiger partial charge < -0.3 is 5.32 Å². The van der Waals surface area contributed by atoms with E-state index in [1.165, 1.54) is 16.7 Å². The second kappa shape index (κ2) is 6.07. The molecule has 0 unspecified atom stereocenters. The standard InChI is InChI=1S/C12H18ClN3O2S/c1-14-12-10(13)8-15-9-11(12)19(17,18)16-6-4-2-3-5-7-16/h8-9H,2-7H2,1H3,(H,14,15). The predicted octanol–water partition coefficient (Wildman–Crippen LogP) is 2.34. The molecule has 0 atom stereocenters. The lowest BCUT2D eigenvalue weighted by Crippen LogP contribution is -2.32. The Hall–Kier alpha value is -0.850. The molecule has 106 valence electrons. The SMILES string of the molecule is CNc1c(Cl)cncc1S(=O)(=O)N1CCCCCC1. The Balaban J connectivity index is 2.41. The molecule has 1 fully saturated rings. The number of pyridine rings is 1. The highest BCUT2D eigenvalue weighted by atomic mass is 35.5. The van der Waals surface area contributed by atoms with E-state index >= 15 is 0 Å². The predicted molar refractivity (Wildman–Crippen MR) is 76.0 cm³/mol. The molecule has 7 heteroatoms. The molecule has 0 aliphatic carbocycles. The highest BCUT2D eigenvalue weighted by Gasteiger charge is 2.28. The van der Waals surface area contributed by atoms with Gasteiger partial charge in [0.1, 0.15) is 4.90 Å². The van der Waals surface area contributed by atoms with Crippen molar-refractivity contribution in [1.29, 1.82) is 0 Å². The maximum absolute atomic E-state index is 12.7. The highest BCUT2D eigenvalue weighted by Crippen LogP contribution is 2.30. The van der Waals surface area contributed by atoms with Crippen LogP contribution in [0.15, 0.2) is 17.3 Å². The fourth-order valence-electron chi connectivity index (χ4n) is 2.28. The molecule has 19 heavy (non-hydrogen) atoms. The Labute approximate surface area is 119 Å². The van der Waals surface area contributed by atoms with Gasteiger partial charge in [-0.15, -0.1) is 0 Å². The Morgan fingerprint density at radius 3 is 2.42 bits per heavy atom. The number of nitrogens with zero attached hydrogens (tertiary/aromatic N) is 2. The number of rotatable bonds is 3. The smallest absolute Gasteiger partial charge is 0.246 e. The first kappa shape index (κ1) is 14.6. The first-order chi connectivity index (χ1) is 9.07. The Morgan fingerprint density at radius 1 is 1.21 bits per heavy atom. The van der Waals surface area contributed by atoms with Gasteiger partial charge in [-0.1, -0.05) is 24.4 Å². The van der Waals surface area contributed by atoms with E-state index in [-0.39, 0.29) is 4.90 Å². The van der Waals surface area contributed by atoms with E-state index in [0.717, 1.165) is 25.7 Å². The normalized spacial score (nSPS) is 18.0. The van der Waals surface area contributed by atoms with Gasteiger partial charge in [0.2, 0.25) is 10.0 Å². The number of nitrogens with one attached hydrogen (secondary N) is 1. The van der Waals surface area contributed by atoms with Crippen LogP contribution in [0.3, 0.4) is 0 Å². The first-order valence-electron chi connectivity index (χ1n) is 6.39. The van der Waals surface area contributed by atoms with Crippen LogP contribution in [0.1, 0.15) is 25.7 Å². The molecule has 1 aromatic rings. The number of hydrogen-bond acceptors (Lipinski definition) is 4. The van der Waals surface area contributed by atoms with Crippen molar-refractivity contribution in [2.75, 3.05) is 25.5 Å². The van der Waals surface area contributed by atoms with Gasteiger partial charge in [0.05, 0.1) is 10.7 Å². The molecule has 2 heterocycles. The maximum atomic E-state index is 12.7. The maximum Gasteiger partial charge on any atom is 0.246 e. The van der Waals surface area contributed by atoms with E-state index in [1.54, 1.807) is 7.05 Å².